The molecule has 0 atom stereocenters. The van der Waals surface area contributed by atoms with Gasteiger partial charge in [0.1, 0.15) is 5.82 Å². The van der Waals surface area contributed by atoms with Crippen molar-refractivity contribution in [1.29, 1.82) is 0 Å². The molecule has 0 N–H and O–H groups in total. The number of benzene rings is 1. The van der Waals surface area contributed by atoms with E-state index in [4.69, 9.17) is 0 Å². The summed E-state index contributed by atoms with van der Waals surface area (Å²) in [6.07, 6.45) is 0.984. The summed E-state index contributed by atoms with van der Waals surface area (Å²) in [5.41, 5.74) is -0.539. The van der Waals surface area contributed by atoms with Gasteiger partial charge in [0.15, 0.2) is 0 Å². The van der Waals surface area contributed by atoms with Crippen LogP contribution in [0.4, 0.5) is 13.2 Å². The average Bonchev–Trinajstić information content (AvgIpc) is 2.98. The normalized spacial score (nSPS) is 17.3. The first-order valence-electron chi connectivity index (χ1n) is 5.92. The lowest BCUT2D eigenvalue weighted by atomic mass is 9.84. The molecule has 0 spiro atoms. The summed E-state index contributed by atoms with van der Waals surface area (Å²) in [4.78, 5) is 0. The van der Waals surface area contributed by atoms with Crippen molar-refractivity contribution in [2.45, 2.75) is 45.0 Å². The smallest absolute Gasteiger partial charge is 0.206 e. The first kappa shape index (κ1) is 12.5. The Morgan fingerprint density at radius 1 is 1.06 bits per heavy atom. The van der Waals surface area contributed by atoms with Crippen LogP contribution in [-0.2, 0) is 11.3 Å². The molecular formula is C14H17F3. The maximum Gasteiger partial charge on any atom is 0.278 e. The fraction of sp³-hybridized carbons (Fsp3) is 0.571. The molecule has 1 aromatic rings. The molecule has 0 heterocycles. The van der Waals surface area contributed by atoms with Gasteiger partial charge in [0.05, 0.1) is 5.56 Å². The van der Waals surface area contributed by atoms with E-state index in [0.717, 1.165) is 0 Å². The summed E-state index contributed by atoms with van der Waals surface area (Å²) < 4.78 is 42.0. The highest BCUT2D eigenvalue weighted by atomic mass is 19.3. The van der Waals surface area contributed by atoms with E-state index in [9.17, 15) is 13.2 Å². The van der Waals surface area contributed by atoms with Crippen molar-refractivity contribution in [2.75, 3.05) is 0 Å². The Hall–Kier alpha value is -0.990. The molecule has 94 valence electrons. The predicted molar refractivity (Wildman–Crippen MR) is 61.7 cm³/mol. The highest BCUT2D eigenvalue weighted by Crippen LogP contribution is 2.50. The molecule has 0 unspecified atom stereocenters. The van der Waals surface area contributed by atoms with Crippen LogP contribution in [0.2, 0.25) is 0 Å². The Morgan fingerprint density at radius 3 is 2.06 bits per heavy atom. The fourth-order valence-electron chi connectivity index (χ4n) is 2.03. The van der Waals surface area contributed by atoms with E-state index in [1.807, 2.05) is 20.8 Å². The third kappa shape index (κ3) is 2.20. The van der Waals surface area contributed by atoms with Gasteiger partial charge in [-0.25, -0.2) is 13.2 Å². The molecule has 1 aliphatic rings. The van der Waals surface area contributed by atoms with Gasteiger partial charge in [-0.3, -0.25) is 0 Å². The van der Waals surface area contributed by atoms with E-state index in [1.165, 1.54) is 12.1 Å². The molecule has 0 amide bonds. The minimum absolute atomic E-state index is 0.357. The maximum absolute atomic E-state index is 14.2. The molecule has 0 nitrogen and oxygen atoms in total. The summed E-state index contributed by atoms with van der Waals surface area (Å²) in [5, 5.41) is 0. The predicted octanol–water partition coefficient (Wildman–Crippen LogP) is 4.63. The van der Waals surface area contributed by atoms with Crippen molar-refractivity contribution in [3.63, 3.8) is 0 Å². The van der Waals surface area contributed by atoms with Crippen LogP contribution in [0.25, 0.3) is 0 Å². The molecule has 0 radical (unpaired) electrons. The first-order chi connectivity index (χ1) is 7.74. The van der Waals surface area contributed by atoms with E-state index in [2.05, 4.69) is 0 Å². The van der Waals surface area contributed by atoms with Crippen LogP contribution in [0.5, 0.6) is 0 Å². The van der Waals surface area contributed by atoms with Crippen LogP contribution in [-0.4, -0.2) is 0 Å². The number of hydrogen-bond donors (Lipinski definition) is 0. The lowest BCUT2D eigenvalue weighted by molar-refractivity contribution is -0.0320. The second-order valence-electron chi connectivity index (χ2n) is 5.81. The minimum atomic E-state index is -3.02. The van der Waals surface area contributed by atoms with Crippen LogP contribution in [0.3, 0.4) is 0 Å². The van der Waals surface area contributed by atoms with E-state index in [-0.39, 0.29) is 0 Å². The SMILES string of the molecule is CC(C)(C)c1cccc(C(F)(F)C2CC2)c1F. The van der Waals surface area contributed by atoms with Crippen molar-refractivity contribution in [1.82, 2.24) is 0 Å². The third-order valence-corrected chi connectivity index (χ3v) is 3.26. The van der Waals surface area contributed by atoms with Gasteiger partial charge < -0.3 is 0 Å². The molecular weight excluding hydrogens is 225 g/mol. The monoisotopic (exact) mass is 242 g/mol. The molecule has 1 saturated carbocycles. The third-order valence-electron chi connectivity index (χ3n) is 3.26. The fourth-order valence-corrected chi connectivity index (χ4v) is 2.03. The maximum atomic E-state index is 14.2. The summed E-state index contributed by atoms with van der Waals surface area (Å²) in [7, 11) is 0. The second kappa shape index (κ2) is 3.76. The van der Waals surface area contributed by atoms with Crippen molar-refractivity contribution in [2.24, 2.45) is 5.92 Å². The number of rotatable bonds is 2. The van der Waals surface area contributed by atoms with Gasteiger partial charge in [-0.05, 0) is 23.8 Å². The standard InChI is InChI=1S/C14H17F3/c1-13(2,3)10-5-4-6-11(12(10)15)14(16,17)9-7-8-9/h4-6,9H,7-8H2,1-3H3. The molecule has 0 aliphatic heterocycles. The topological polar surface area (TPSA) is 0 Å². The summed E-state index contributed by atoms with van der Waals surface area (Å²) in [6.45, 7) is 5.47. The van der Waals surface area contributed by atoms with Crippen LogP contribution in [0, 0.1) is 11.7 Å². The molecule has 1 aromatic carbocycles. The molecule has 0 bridgehead atoms. The van der Waals surface area contributed by atoms with Gasteiger partial charge in [0.2, 0.25) is 0 Å². The van der Waals surface area contributed by atoms with E-state index < -0.39 is 28.6 Å². The number of alkyl halides is 2. The van der Waals surface area contributed by atoms with Crippen LogP contribution < -0.4 is 0 Å². The number of hydrogen-bond acceptors (Lipinski definition) is 0. The minimum Gasteiger partial charge on any atom is -0.206 e. The Balaban J connectivity index is 2.49. The lowest BCUT2D eigenvalue weighted by Gasteiger charge is -2.24. The zero-order chi connectivity index (χ0) is 12.8. The van der Waals surface area contributed by atoms with Gasteiger partial charge in [0, 0.05) is 5.92 Å². The van der Waals surface area contributed by atoms with Crippen LogP contribution in [0.15, 0.2) is 18.2 Å². The van der Waals surface area contributed by atoms with Gasteiger partial charge in [0.25, 0.3) is 5.92 Å². The van der Waals surface area contributed by atoms with Crippen molar-refractivity contribution >= 4 is 0 Å². The number of halogens is 3. The first-order valence-corrected chi connectivity index (χ1v) is 5.92. The van der Waals surface area contributed by atoms with Crippen molar-refractivity contribution in [3.05, 3.63) is 35.1 Å². The highest BCUT2D eigenvalue weighted by Gasteiger charge is 2.49. The average molecular weight is 242 g/mol. The van der Waals surface area contributed by atoms with E-state index >= 15 is 0 Å². The zero-order valence-electron chi connectivity index (χ0n) is 10.4. The summed E-state index contributed by atoms with van der Waals surface area (Å²) >= 11 is 0. The van der Waals surface area contributed by atoms with Crippen LogP contribution >= 0.6 is 0 Å². The molecule has 1 fully saturated rings. The quantitative estimate of drug-likeness (QED) is 0.709. The summed E-state index contributed by atoms with van der Waals surface area (Å²) in [6, 6.07) is 4.32. The molecule has 17 heavy (non-hydrogen) atoms. The van der Waals surface area contributed by atoms with E-state index in [1.54, 1.807) is 6.07 Å². The van der Waals surface area contributed by atoms with Gasteiger partial charge >= 0.3 is 0 Å². The molecule has 0 aromatic heterocycles. The second-order valence-corrected chi connectivity index (χ2v) is 5.81. The Labute approximate surface area is 99.8 Å². The zero-order valence-corrected chi connectivity index (χ0v) is 10.4. The largest absolute Gasteiger partial charge is 0.278 e. The Kier molecular flexibility index (Phi) is 2.75. The Bertz CT molecular complexity index is 426. The Morgan fingerprint density at radius 2 is 1.59 bits per heavy atom. The lowest BCUT2D eigenvalue weighted by Crippen LogP contribution is -2.22. The molecule has 2 rings (SSSR count). The van der Waals surface area contributed by atoms with E-state index in [0.29, 0.717) is 18.4 Å². The molecule has 3 heteroatoms. The highest BCUT2D eigenvalue weighted by molar-refractivity contribution is 5.34. The molecule has 0 saturated heterocycles. The van der Waals surface area contributed by atoms with Gasteiger partial charge in [-0.1, -0.05) is 39.0 Å². The van der Waals surface area contributed by atoms with Gasteiger partial charge in [-0.2, -0.15) is 0 Å². The van der Waals surface area contributed by atoms with Crippen LogP contribution in [0.1, 0.15) is 44.7 Å². The van der Waals surface area contributed by atoms with Crippen molar-refractivity contribution < 1.29 is 13.2 Å². The van der Waals surface area contributed by atoms with Crippen molar-refractivity contribution in [3.8, 4) is 0 Å². The van der Waals surface area contributed by atoms with Gasteiger partial charge in [-0.15, -0.1) is 0 Å². The summed E-state index contributed by atoms with van der Waals surface area (Å²) in [5.74, 6) is -4.44. The molecule has 1 aliphatic carbocycles.